The van der Waals surface area contributed by atoms with Gasteiger partial charge in [-0.15, -0.1) is 0 Å². The van der Waals surface area contributed by atoms with Crippen LogP contribution in [-0.2, 0) is 0 Å². The Bertz CT molecular complexity index is 666. The summed E-state index contributed by atoms with van der Waals surface area (Å²) in [5.41, 5.74) is 1.27. The zero-order valence-corrected chi connectivity index (χ0v) is 12.3. The number of halogens is 1. The minimum Gasteiger partial charge on any atom is -0.393 e. The summed E-state index contributed by atoms with van der Waals surface area (Å²) < 4.78 is 0. The Morgan fingerprint density at radius 3 is 2.71 bits per heavy atom. The fourth-order valence-electron chi connectivity index (χ4n) is 2.81. The number of aliphatic hydroxyl groups is 1. The number of amides is 1. The fourth-order valence-corrected chi connectivity index (χ4v) is 3.01. The summed E-state index contributed by atoms with van der Waals surface area (Å²) in [6.45, 7) is 0. The number of aliphatic hydroxyl groups excluding tert-OH is 1. The lowest BCUT2D eigenvalue weighted by atomic mass is 9.93. The van der Waals surface area contributed by atoms with Crippen molar-refractivity contribution in [3.05, 3.63) is 41.0 Å². The van der Waals surface area contributed by atoms with Gasteiger partial charge in [0.25, 0.3) is 5.91 Å². The van der Waals surface area contributed by atoms with Gasteiger partial charge in [-0.2, -0.15) is 0 Å². The molecule has 1 fully saturated rings. The molecule has 2 aromatic rings. The van der Waals surface area contributed by atoms with Crippen LogP contribution in [0.1, 0.15) is 36.0 Å². The summed E-state index contributed by atoms with van der Waals surface area (Å²) in [6.07, 6.45) is 2.87. The number of hydrogen-bond acceptors (Lipinski definition) is 3. The molecule has 5 heteroatoms. The van der Waals surface area contributed by atoms with Gasteiger partial charge in [0.05, 0.1) is 17.2 Å². The topological polar surface area (TPSA) is 62.2 Å². The van der Waals surface area contributed by atoms with Crippen LogP contribution in [0.2, 0.25) is 5.15 Å². The van der Waals surface area contributed by atoms with E-state index in [4.69, 9.17) is 11.6 Å². The monoisotopic (exact) mass is 304 g/mol. The van der Waals surface area contributed by atoms with E-state index in [1.165, 1.54) is 0 Å². The molecule has 1 aromatic heterocycles. The van der Waals surface area contributed by atoms with E-state index >= 15 is 0 Å². The lowest BCUT2D eigenvalue weighted by Crippen LogP contribution is -2.38. The first-order valence-electron chi connectivity index (χ1n) is 7.17. The first kappa shape index (κ1) is 14.3. The molecule has 0 spiro atoms. The number of carbonyl (C=O) groups excluding carboxylic acids is 1. The number of carbonyl (C=O) groups is 1. The average Bonchev–Trinajstić information content (AvgIpc) is 2.48. The van der Waals surface area contributed by atoms with E-state index in [-0.39, 0.29) is 18.1 Å². The van der Waals surface area contributed by atoms with E-state index < -0.39 is 0 Å². The number of pyridine rings is 1. The Hall–Kier alpha value is -1.65. The Morgan fingerprint density at radius 2 is 1.95 bits per heavy atom. The van der Waals surface area contributed by atoms with Gasteiger partial charge in [0.15, 0.2) is 0 Å². The molecule has 1 heterocycles. The van der Waals surface area contributed by atoms with E-state index in [1.54, 1.807) is 6.07 Å². The highest BCUT2D eigenvalue weighted by Crippen LogP contribution is 2.22. The van der Waals surface area contributed by atoms with Crippen molar-refractivity contribution in [3.8, 4) is 0 Å². The van der Waals surface area contributed by atoms with Crippen molar-refractivity contribution in [1.29, 1.82) is 0 Å². The van der Waals surface area contributed by atoms with Gasteiger partial charge in [0.1, 0.15) is 5.15 Å². The molecule has 1 aliphatic rings. The summed E-state index contributed by atoms with van der Waals surface area (Å²) >= 11 is 6.01. The molecule has 1 aliphatic carbocycles. The van der Waals surface area contributed by atoms with Crippen LogP contribution in [0.3, 0.4) is 0 Å². The minimum atomic E-state index is -0.227. The van der Waals surface area contributed by atoms with E-state index in [1.807, 2.05) is 24.3 Å². The molecule has 3 rings (SSSR count). The van der Waals surface area contributed by atoms with Crippen molar-refractivity contribution in [2.75, 3.05) is 0 Å². The molecule has 0 bridgehead atoms. The Balaban J connectivity index is 1.84. The van der Waals surface area contributed by atoms with Crippen LogP contribution in [0.25, 0.3) is 10.9 Å². The smallest absolute Gasteiger partial charge is 0.252 e. The number of fused-ring (bicyclic) bond motifs is 1. The number of rotatable bonds is 2. The molecule has 0 radical (unpaired) electrons. The van der Waals surface area contributed by atoms with Crippen LogP contribution in [0.15, 0.2) is 30.3 Å². The molecule has 1 saturated carbocycles. The minimum absolute atomic E-state index is 0.117. The Kier molecular flexibility index (Phi) is 4.08. The summed E-state index contributed by atoms with van der Waals surface area (Å²) in [5.74, 6) is -0.128. The van der Waals surface area contributed by atoms with Crippen LogP contribution in [-0.4, -0.2) is 28.1 Å². The molecular formula is C16H17ClN2O2. The van der Waals surface area contributed by atoms with Crippen molar-refractivity contribution in [2.24, 2.45) is 0 Å². The van der Waals surface area contributed by atoms with Crippen LogP contribution < -0.4 is 5.32 Å². The summed E-state index contributed by atoms with van der Waals surface area (Å²) in [4.78, 5) is 16.7. The predicted octanol–water partition coefficient (Wildman–Crippen LogP) is 2.92. The normalized spacial score (nSPS) is 22.2. The zero-order valence-electron chi connectivity index (χ0n) is 11.6. The summed E-state index contributed by atoms with van der Waals surface area (Å²) in [7, 11) is 0. The fraction of sp³-hybridized carbons (Fsp3) is 0.375. The van der Waals surface area contributed by atoms with Gasteiger partial charge in [-0.3, -0.25) is 4.79 Å². The molecule has 4 nitrogen and oxygen atoms in total. The van der Waals surface area contributed by atoms with Crippen molar-refractivity contribution in [2.45, 2.75) is 37.8 Å². The summed E-state index contributed by atoms with van der Waals surface area (Å²) in [6, 6.07) is 9.19. The maximum Gasteiger partial charge on any atom is 0.252 e. The van der Waals surface area contributed by atoms with Crippen LogP contribution in [0.5, 0.6) is 0 Å². The second-order valence-corrected chi connectivity index (χ2v) is 5.88. The maximum atomic E-state index is 12.5. The zero-order chi connectivity index (χ0) is 14.8. The van der Waals surface area contributed by atoms with Crippen molar-refractivity contribution < 1.29 is 9.90 Å². The van der Waals surface area contributed by atoms with Gasteiger partial charge in [-0.1, -0.05) is 29.8 Å². The van der Waals surface area contributed by atoms with Crippen LogP contribution in [0.4, 0.5) is 0 Å². The molecular weight excluding hydrogens is 288 g/mol. The Labute approximate surface area is 128 Å². The molecule has 21 heavy (non-hydrogen) atoms. The maximum absolute atomic E-state index is 12.5. The summed E-state index contributed by atoms with van der Waals surface area (Å²) in [5, 5.41) is 13.7. The largest absolute Gasteiger partial charge is 0.393 e. The van der Waals surface area contributed by atoms with Gasteiger partial charge < -0.3 is 10.4 Å². The van der Waals surface area contributed by atoms with E-state index in [0.717, 1.165) is 31.1 Å². The average molecular weight is 305 g/mol. The van der Waals surface area contributed by atoms with Crippen LogP contribution >= 0.6 is 11.6 Å². The molecule has 1 amide bonds. The van der Waals surface area contributed by atoms with Gasteiger partial charge >= 0.3 is 0 Å². The molecule has 1 aromatic carbocycles. The highest BCUT2D eigenvalue weighted by atomic mass is 35.5. The Morgan fingerprint density at radius 1 is 1.24 bits per heavy atom. The number of nitrogens with zero attached hydrogens (tertiary/aromatic N) is 1. The third kappa shape index (κ3) is 3.17. The van der Waals surface area contributed by atoms with Gasteiger partial charge in [0.2, 0.25) is 0 Å². The second-order valence-electron chi connectivity index (χ2n) is 5.49. The third-order valence-corrected chi connectivity index (χ3v) is 4.16. The van der Waals surface area contributed by atoms with Gasteiger partial charge in [0, 0.05) is 11.4 Å². The van der Waals surface area contributed by atoms with E-state index in [0.29, 0.717) is 16.2 Å². The van der Waals surface area contributed by atoms with E-state index in [2.05, 4.69) is 10.3 Å². The van der Waals surface area contributed by atoms with Crippen molar-refractivity contribution in [3.63, 3.8) is 0 Å². The quantitative estimate of drug-likeness (QED) is 0.839. The first-order chi connectivity index (χ1) is 10.1. The van der Waals surface area contributed by atoms with Crippen molar-refractivity contribution >= 4 is 28.4 Å². The van der Waals surface area contributed by atoms with Gasteiger partial charge in [-0.25, -0.2) is 4.98 Å². The third-order valence-electron chi connectivity index (χ3n) is 3.96. The lowest BCUT2D eigenvalue weighted by molar-refractivity contribution is 0.0869. The van der Waals surface area contributed by atoms with E-state index in [9.17, 15) is 9.90 Å². The molecule has 0 saturated heterocycles. The molecule has 110 valence electrons. The standard InChI is InChI=1S/C16H17ClN2O2/c17-15-9-13(12-3-1-2-4-14(12)19-15)16(21)18-10-5-7-11(20)8-6-10/h1-4,9-11,20H,5-8H2,(H,18,21). The van der Waals surface area contributed by atoms with Crippen molar-refractivity contribution in [1.82, 2.24) is 10.3 Å². The molecule has 2 N–H and O–H groups in total. The highest BCUT2D eigenvalue weighted by molar-refractivity contribution is 6.30. The number of aromatic nitrogens is 1. The number of para-hydroxylation sites is 1. The molecule has 0 aliphatic heterocycles. The first-order valence-corrected chi connectivity index (χ1v) is 7.55. The lowest BCUT2D eigenvalue weighted by Gasteiger charge is -2.26. The SMILES string of the molecule is O=C(NC1CCC(O)CC1)c1cc(Cl)nc2ccccc12. The molecule has 0 unspecified atom stereocenters. The second kappa shape index (κ2) is 6.00. The van der Waals surface area contributed by atoms with Gasteiger partial charge in [-0.05, 0) is 37.8 Å². The number of benzene rings is 1. The predicted molar refractivity (Wildman–Crippen MR) is 82.5 cm³/mol. The van der Waals surface area contributed by atoms with Crippen LogP contribution in [0, 0.1) is 0 Å². The number of hydrogen-bond donors (Lipinski definition) is 2. The number of nitrogens with one attached hydrogen (secondary N) is 1. The molecule has 0 atom stereocenters. The highest BCUT2D eigenvalue weighted by Gasteiger charge is 2.22.